The number of aryl methyl sites for hydroxylation is 1. The number of amides is 1. The molecule has 3 rings (SSSR count). The Morgan fingerprint density at radius 2 is 1.92 bits per heavy atom. The van der Waals surface area contributed by atoms with Gasteiger partial charge in [0.1, 0.15) is 5.82 Å². The van der Waals surface area contributed by atoms with Gasteiger partial charge in [0.15, 0.2) is 0 Å². The van der Waals surface area contributed by atoms with Crippen molar-refractivity contribution in [3.05, 3.63) is 11.8 Å². The molecule has 1 N–H and O–H groups in total. The number of β-amino-alcohol motifs (C(OH)–C–C–N with tert-alkyl or cyclic N) is 1. The molecule has 1 amide bonds. The molecule has 132 valence electrons. The maximum atomic E-state index is 11.6. The van der Waals surface area contributed by atoms with Crippen LogP contribution in [0.3, 0.4) is 0 Å². The van der Waals surface area contributed by atoms with E-state index in [2.05, 4.69) is 21.7 Å². The molecule has 2 aliphatic rings. The fraction of sp³-hybridized carbons (Fsp3) is 0.706. The van der Waals surface area contributed by atoms with Crippen molar-refractivity contribution in [2.24, 2.45) is 0 Å². The predicted octanol–water partition coefficient (Wildman–Crippen LogP) is 0.669. The van der Waals surface area contributed by atoms with E-state index in [0.29, 0.717) is 26.2 Å². The second-order valence-electron chi connectivity index (χ2n) is 6.63. The fourth-order valence-electron chi connectivity index (χ4n) is 3.36. The molecule has 1 atom stereocenters. The first kappa shape index (κ1) is 17.0. The Hall–Kier alpha value is -1.89. The zero-order valence-corrected chi connectivity index (χ0v) is 14.6. The normalized spacial score (nSPS) is 22.0. The van der Waals surface area contributed by atoms with Gasteiger partial charge in [0.25, 0.3) is 0 Å². The molecular weight excluding hydrogens is 306 g/mol. The molecule has 1 aromatic rings. The van der Waals surface area contributed by atoms with Crippen LogP contribution < -0.4 is 9.80 Å². The SMILES string of the molecule is CCc1cc(N2CCN(C(C)=O)C[C@H](O)C2)nc(N2CCCC2)n1. The van der Waals surface area contributed by atoms with Gasteiger partial charge in [-0.15, -0.1) is 0 Å². The summed E-state index contributed by atoms with van der Waals surface area (Å²) in [7, 11) is 0. The maximum absolute atomic E-state index is 11.6. The van der Waals surface area contributed by atoms with Crippen molar-refractivity contribution < 1.29 is 9.90 Å². The number of nitrogens with zero attached hydrogens (tertiary/aromatic N) is 5. The molecule has 1 aromatic heterocycles. The number of aliphatic hydroxyl groups is 1. The summed E-state index contributed by atoms with van der Waals surface area (Å²) in [6, 6.07) is 2.01. The molecule has 0 aliphatic carbocycles. The summed E-state index contributed by atoms with van der Waals surface area (Å²) in [5, 5.41) is 10.3. The number of carbonyl (C=O) groups excluding carboxylic acids is 1. The summed E-state index contributed by atoms with van der Waals surface area (Å²) >= 11 is 0. The second-order valence-corrected chi connectivity index (χ2v) is 6.63. The molecule has 3 heterocycles. The Bertz CT molecular complexity index is 588. The molecule has 7 heteroatoms. The van der Waals surface area contributed by atoms with Crippen molar-refractivity contribution in [3.63, 3.8) is 0 Å². The van der Waals surface area contributed by atoms with Crippen LogP contribution in [0.5, 0.6) is 0 Å². The number of rotatable bonds is 3. The molecule has 2 saturated heterocycles. The molecule has 0 spiro atoms. The van der Waals surface area contributed by atoms with E-state index < -0.39 is 6.10 Å². The summed E-state index contributed by atoms with van der Waals surface area (Å²) in [6.07, 6.45) is 2.66. The minimum absolute atomic E-state index is 0.00518. The lowest BCUT2D eigenvalue weighted by Crippen LogP contribution is -2.36. The van der Waals surface area contributed by atoms with Crippen LogP contribution in [0.1, 0.15) is 32.4 Å². The average molecular weight is 333 g/mol. The van der Waals surface area contributed by atoms with E-state index in [9.17, 15) is 9.90 Å². The largest absolute Gasteiger partial charge is 0.389 e. The Morgan fingerprint density at radius 1 is 1.17 bits per heavy atom. The molecule has 0 radical (unpaired) electrons. The van der Waals surface area contributed by atoms with Crippen molar-refractivity contribution in [2.75, 3.05) is 49.1 Å². The van der Waals surface area contributed by atoms with Crippen LogP contribution in [0.25, 0.3) is 0 Å². The molecule has 0 unspecified atom stereocenters. The third-order valence-electron chi connectivity index (χ3n) is 4.78. The highest BCUT2D eigenvalue weighted by Gasteiger charge is 2.25. The van der Waals surface area contributed by atoms with Gasteiger partial charge in [-0.05, 0) is 19.3 Å². The van der Waals surface area contributed by atoms with Gasteiger partial charge in [0.2, 0.25) is 11.9 Å². The van der Waals surface area contributed by atoms with Gasteiger partial charge in [-0.1, -0.05) is 6.92 Å². The highest BCUT2D eigenvalue weighted by molar-refractivity contribution is 5.73. The van der Waals surface area contributed by atoms with Crippen molar-refractivity contribution in [1.29, 1.82) is 0 Å². The third kappa shape index (κ3) is 3.77. The average Bonchev–Trinajstić information content (AvgIpc) is 3.03. The lowest BCUT2D eigenvalue weighted by atomic mass is 10.3. The molecule has 2 fully saturated rings. The predicted molar refractivity (Wildman–Crippen MR) is 93.3 cm³/mol. The van der Waals surface area contributed by atoms with E-state index in [1.54, 1.807) is 11.8 Å². The quantitative estimate of drug-likeness (QED) is 0.876. The number of hydrogen-bond donors (Lipinski definition) is 1. The van der Waals surface area contributed by atoms with Gasteiger partial charge in [0, 0.05) is 58.0 Å². The number of hydrogen-bond acceptors (Lipinski definition) is 6. The third-order valence-corrected chi connectivity index (χ3v) is 4.78. The zero-order valence-electron chi connectivity index (χ0n) is 14.6. The molecule has 0 bridgehead atoms. The van der Waals surface area contributed by atoms with E-state index in [1.165, 1.54) is 12.8 Å². The van der Waals surface area contributed by atoms with E-state index in [1.807, 2.05) is 6.07 Å². The summed E-state index contributed by atoms with van der Waals surface area (Å²) in [4.78, 5) is 27.1. The smallest absolute Gasteiger partial charge is 0.227 e. The number of aliphatic hydroxyl groups excluding tert-OH is 1. The standard InChI is InChI=1S/C17H27N5O2/c1-3-14-10-16(19-17(18-14)20-6-4-5-7-20)22-9-8-21(13(2)23)11-15(24)12-22/h10,15,24H,3-9,11-12H2,1-2H3/t15-/m0/s1. The summed E-state index contributed by atoms with van der Waals surface area (Å²) in [6.45, 7) is 7.82. The summed E-state index contributed by atoms with van der Waals surface area (Å²) in [5.74, 6) is 1.66. The van der Waals surface area contributed by atoms with Gasteiger partial charge in [-0.3, -0.25) is 4.79 Å². The van der Waals surface area contributed by atoms with E-state index >= 15 is 0 Å². The van der Waals surface area contributed by atoms with Crippen LogP contribution in [0.2, 0.25) is 0 Å². The monoisotopic (exact) mass is 333 g/mol. The van der Waals surface area contributed by atoms with Gasteiger partial charge in [-0.2, -0.15) is 4.98 Å². The van der Waals surface area contributed by atoms with Crippen LogP contribution in [0, 0.1) is 0 Å². The van der Waals surface area contributed by atoms with Gasteiger partial charge in [-0.25, -0.2) is 4.98 Å². The van der Waals surface area contributed by atoms with Crippen molar-refractivity contribution in [1.82, 2.24) is 14.9 Å². The van der Waals surface area contributed by atoms with Crippen LogP contribution in [-0.2, 0) is 11.2 Å². The van der Waals surface area contributed by atoms with Crippen LogP contribution >= 0.6 is 0 Å². The van der Waals surface area contributed by atoms with Crippen molar-refractivity contribution in [2.45, 2.75) is 39.2 Å². The van der Waals surface area contributed by atoms with Crippen LogP contribution in [-0.4, -0.2) is 71.3 Å². The van der Waals surface area contributed by atoms with Crippen molar-refractivity contribution in [3.8, 4) is 0 Å². The number of anilines is 2. The molecule has 0 saturated carbocycles. The molecular formula is C17H27N5O2. The zero-order chi connectivity index (χ0) is 17.1. The van der Waals surface area contributed by atoms with Gasteiger partial charge in [0.05, 0.1) is 6.10 Å². The first-order valence-corrected chi connectivity index (χ1v) is 8.88. The lowest BCUT2D eigenvalue weighted by molar-refractivity contribution is -0.129. The van der Waals surface area contributed by atoms with Crippen LogP contribution in [0.4, 0.5) is 11.8 Å². The molecule has 7 nitrogen and oxygen atoms in total. The second kappa shape index (κ2) is 7.34. The first-order valence-electron chi connectivity index (χ1n) is 8.88. The van der Waals surface area contributed by atoms with E-state index in [0.717, 1.165) is 37.0 Å². The molecule has 24 heavy (non-hydrogen) atoms. The number of aromatic nitrogens is 2. The Balaban J connectivity index is 1.84. The van der Waals surface area contributed by atoms with Crippen molar-refractivity contribution >= 4 is 17.7 Å². The summed E-state index contributed by atoms with van der Waals surface area (Å²) in [5.41, 5.74) is 1.02. The molecule has 0 aromatic carbocycles. The summed E-state index contributed by atoms with van der Waals surface area (Å²) < 4.78 is 0. The maximum Gasteiger partial charge on any atom is 0.227 e. The Kier molecular flexibility index (Phi) is 5.18. The molecule has 2 aliphatic heterocycles. The van der Waals surface area contributed by atoms with Gasteiger partial charge < -0.3 is 19.8 Å². The Labute approximate surface area is 143 Å². The van der Waals surface area contributed by atoms with E-state index in [4.69, 9.17) is 4.98 Å². The Morgan fingerprint density at radius 3 is 2.58 bits per heavy atom. The van der Waals surface area contributed by atoms with E-state index in [-0.39, 0.29) is 5.91 Å². The highest BCUT2D eigenvalue weighted by Crippen LogP contribution is 2.22. The lowest BCUT2D eigenvalue weighted by Gasteiger charge is -2.25. The minimum Gasteiger partial charge on any atom is -0.389 e. The fourth-order valence-corrected chi connectivity index (χ4v) is 3.36. The van der Waals surface area contributed by atoms with Gasteiger partial charge >= 0.3 is 0 Å². The number of carbonyl (C=O) groups is 1. The first-order chi connectivity index (χ1) is 11.6. The topological polar surface area (TPSA) is 72.8 Å². The van der Waals surface area contributed by atoms with Crippen LogP contribution in [0.15, 0.2) is 6.07 Å². The highest BCUT2D eigenvalue weighted by atomic mass is 16.3. The minimum atomic E-state index is -0.563.